The van der Waals surface area contributed by atoms with Crippen molar-refractivity contribution in [1.29, 1.82) is 0 Å². The highest BCUT2D eigenvalue weighted by atomic mass is 16.5. The normalized spacial score (nSPS) is 22.1. The molecule has 0 radical (unpaired) electrons. The Morgan fingerprint density at radius 2 is 2.18 bits per heavy atom. The zero-order valence-electron chi connectivity index (χ0n) is 10.5. The molecule has 1 rings (SSSR count). The fraction of sp³-hybridized carbons (Fsp3) is 0.833. The smallest absolute Gasteiger partial charge is 0.328 e. The number of carbonyl (C=O) groups excluding carboxylic acids is 2. The molecule has 17 heavy (non-hydrogen) atoms. The van der Waals surface area contributed by atoms with Crippen molar-refractivity contribution in [2.45, 2.75) is 51.2 Å². The molecular weight excluding hydrogens is 222 g/mol. The van der Waals surface area contributed by atoms with Crippen LogP contribution in [0.1, 0.15) is 39.0 Å². The van der Waals surface area contributed by atoms with E-state index < -0.39 is 12.1 Å². The maximum absolute atomic E-state index is 11.9. The maximum atomic E-state index is 11.9. The Labute approximate surface area is 102 Å². The molecular formula is C12H21NO4. The minimum Gasteiger partial charge on any atom is -0.467 e. The maximum Gasteiger partial charge on any atom is 0.328 e. The van der Waals surface area contributed by atoms with Crippen LogP contribution in [0.4, 0.5) is 0 Å². The van der Waals surface area contributed by atoms with Gasteiger partial charge in [-0.1, -0.05) is 0 Å². The highest BCUT2D eigenvalue weighted by molar-refractivity contribution is 5.84. The van der Waals surface area contributed by atoms with Crippen LogP contribution in [0.15, 0.2) is 0 Å². The first-order chi connectivity index (χ1) is 8.06. The second kappa shape index (κ2) is 6.59. The van der Waals surface area contributed by atoms with Crippen LogP contribution < -0.4 is 0 Å². The van der Waals surface area contributed by atoms with Gasteiger partial charge in [0.1, 0.15) is 6.04 Å². The lowest BCUT2D eigenvalue weighted by Gasteiger charge is -2.33. The Bertz CT molecular complexity index is 278. The number of rotatable bonds is 4. The molecule has 0 aromatic heterocycles. The van der Waals surface area contributed by atoms with Crippen LogP contribution in [0, 0.1) is 0 Å². The van der Waals surface area contributed by atoms with E-state index in [4.69, 9.17) is 9.84 Å². The van der Waals surface area contributed by atoms with Gasteiger partial charge < -0.3 is 14.7 Å². The van der Waals surface area contributed by atoms with E-state index in [2.05, 4.69) is 0 Å². The molecule has 0 aromatic rings. The number of ether oxygens (including phenoxy) is 1. The molecule has 2 atom stereocenters. The third-order valence-corrected chi connectivity index (χ3v) is 3.07. The lowest BCUT2D eigenvalue weighted by molar-refractivity contribution is -0.154. The van der Waals surface area contributed by atoms with Gasteiger partial charge in [-0.2, -0.15) is 0 Å². The molecule has 1 fully saturated rings. The summed E-state index contributed by atoms with van der Waals surface area (Å²) in [6.45, 7) is 2.26. The van der Waals surface area contributed by atoms with Gasteiger partial charge in [0.15, 0.2) is 0 Å². The van der Waals surface area contributed by atoms with Crippen LogP contribution in [-0.2, 0) is 14.3 Å². The molecule has 2 unspecified atom stereocenters. The number of likely N-dealkylation sites (tertiary alicyclic amines) is 1. The Kier molecular flexibility index (Phi) is 5.41. The minimum atomic E-state index is -0.486. The van der Waals surface area contributed by atoms with Crippen molar-refractivity contribution in [2.24, 2.45) is 0 Å². The number of aliphatic hydroxyl groups is 1. The van der Waals surface area contributed by atoms with E-state index >= 15 is 0 Å². The van der Waals surface area contributed by atoms with Crippen LogP contribution in [0.3, 0.4) is 0 Å². The number of aliphatic hydroxyl groups excluding tert-OH is 1. The van der Waals surface area contributed by atoms with Gasteiger partial charge in [0.25, 0.3) is 0 Å². The lowest BCUT2D eigenvalue weighted by Crippen LogP contribution is -2.48. The Hall–Kier alpha value is -1.10. The van der Waals surface area contributed by atoms with Crippen LogP contribution in [-0.4, -0.2) is 47.7 Å². The van der Waals surface area contributed by atoms with Gasteiger partial charge in [0.05, 0.1) is 13.2 Å². The minimum absolute atomic E-state index is 0.0685. The number of amides is 1. The van der Waals surface area contributed by atoms with Crippen LogP contribution >= 0.6 is 0 Å². The van der Waals surface area contributed by atoms with Gasteiger partial charge >= 0.3 is 5.97 Å². The molecule has 1 heterocycles. The number of methoxy groups -OCH3 is 1. The molecule has 5 heteroatoms. The predicted octanol–water partition coefficient (Wildman–Crippen LogP) is 0.701. The number of hydrogen-bond donors (Lipinski definition) is 1. The topological polar surface area (TPSA) is 66.8 Å². The van der Waals surface area contributed by atoms with Gasteiger partial charge in [0, 0.05) is 13.0 Å². The van der Waals surface area contributed by atoms with E-state index in [1.807, 2.05) is 0 Å². The van der Waals surface area contributed by atoms with Crippen molar-refractivity contribution in [3.8, 4) is 0 Å². The van der Waals surface area contributed by atoms with Gasteiger partial charge in [-0.15, -0.1) is 0 Å². The Morgan fingerprint density at radius 1 is 1.47 bits per heavy atom. The summed E-state index contributed by atoms with van der Waals surface area (Å²) in [7, 11) is 1.34. The number of esters is 1. The number of nitrogens with zero attached hydrogens (tertiary/aromatic N) is 1. The standard InChI is InChI=1S/C12H21NO4/c1-9(14)6-7-11(15)13-8-4-3-5-10(13)12(16)17-2/h9-10,14H,3-8H2,1-2H3. The lowest BCUT2D eigenvalue weighted by atomic mass is 10.0. The van der Waals surface area contributed by atoms with Crippen LogP contribution in [0.2, 0.25) is 0 Å². The van der Waals surface area contributed by atoms with Gasteiger partial charge in [0.2, 0.25) is 5.91 Å². The van der Waals surface area contributed by atoms with Crippen molar-refractivity contribution < 1.29 is 19.4 Å². The third-order valence-electron chi connectivity index (χ3n) is 3.07. The molecule has 0 bridgehead atoms. The van der Waals surface area contributed by atoms with Crippen molar-refractivity contribution in [1.82, 2.24) is 4.90 Å². The van der Waals surface area contributed by atoms with Crippen molar-refractivity contribution in [2.75, 3.05) is 13.7 Å². The summed E-state index contributed by atoms with van der Waals surface area (Å²) in [6.07, 6.45) is 2.77. The third kappa shape index (κ3) is 4.00. The molecule has 5 nitrogen and oxygen atoms in total. The van der Waals surface area contributed by atoms with E-state index in [1.165, 1.54) is 7.11 Å². The summed E-state index contributed by atoms with van der Waals surface area (Å²) in [5, 5.41) is 9.16. The molecule has 0 aliphatic carbocycles. The van der Waals surface area contributed by atoms with Gasteiger partial charge in [-0.3, -0.25) is 4.79 Å². The number of carbonyl (C=O) groups is 2. The average molecular weight is 243 g/mol. The molecule has 0 spiro atoms. The summed E-state index contributed by atoms with van der Waals surface area (Å²) in [5.41, 5.74) is 0. The fourth-order valence-electron chi connectivity index (χ4n) is 2.09. The van der Waals surface area contributed by atoms with Crippen molar-refractivity contribution in [3.05, 3.63) is 0 Å². The molecule has 1 saturated heterocycles. The molecule has 1 amide bonds. The molecule has 1 N–H and O–H groups in total. The quantitative estimate of drug-likeness (QED) is 0.738. The summed E-state index contributed by atoms with van der Waals surface area (Å²) in [4.78, 5) is 25.1. The molecule has 0 aromatic carbocycles. The first-order valence-electron chi connectivity index (χ1n) is 6.11. The number of piperidine rings is 1. The second-order valence-electron chi connectivity index (χ2n) is 4.51. The molecule has 98 valence electrons. The van der Waals surface area contributed by atoms with Crippen LogP contribution in [0.25, 0.3) is 0 Å². The van der Waals surface area contributed by atoms with Crippen LogP contribution in [0.5, 0.6) is 0 Å². The van der Waals surface area contributed by atoms with Gasteiger partial charge in [-0.25, -0.2) is 4.79 Å². The van der Waals surface area contributed by atoms with E-state index in [0.717, 1.165) is 12.8 Å². The van der Waals surface area contributed by atoms with Crippen molar-refractivity contribution >= 4 is 11.9 Å². The fourth-order valence-corrected chi connectivity index (χ4v) is 2.09. The summed E-state index contributed by atoms with van der Waals surface area (Å²) < 4.78 is 4.71. The molecule has 1 aliphatic rings. The predicted molar refractivity (Wildman–Crippen MR) is 62.3 cm³/mol. The molecule has 1 aliphatic heterocycles. The first-order valence-corrected chi connectivity index (χ1v) is 6.11. The largest absolute Gasteiger partial charge is 0.467 e. The zero-order chi connectivity index (χ0) is 12.8. The highest BCUT2D eigenvalue weighted by Gasteiger charge is 2.32. The highest BCUT2D eigenvalue weighted by Crippen LogP contribution is 2.19. The zero-order valence-corrected chi connectivity index (χ0v) is 10.5. The summed E-state index contributed by atoms with van der Waals surface area (Å²) in [6, 6.07) is -0.435. The summed E-state index contributed by atoms with van der Waals surface area (Å²) in [5.74, 6) is -0.406. The van der Waals surface area contributed by atoms with Gasteiger partial charge in [-0.05, 0) is 32.6 Å². The Morgan fingerprint density at radius 3 is 2.76 bits per heavy atom. The molecule has 0 saturated carbocycles. The SMILES string of the molecule is COC(=O)C1CCCCN1C(=O)CCC(C)O. The number of hydrogen-bond acceptors (Lipinski definition) is 4. The second-order valence-corrected chi connectivity index (χ2v) is 4.51. The first kappa shape index (κ1) is 14.0. The van der Waals surface area contributed by atoms with E-state index in [9.17, 15) is 9.59 Å². The summed E-state index contributed by atoms with van der Waals surface area (Å²) >= 11 is 0. The Balaban J connectivity index is 2.58. The average Bonchev–Trinajstić information content (AvgIpc) is 2.34. The monoisotopic (exact) mass is 243 g/mol. The van der Waals surface area contributed by atoms with E-state index in [0.29, 0.717) is 19.4 Å². The van der Waals surface area contributed by atoms with E-state index in [-0.39, 0.29) is 18.3 Å². The van der Waals surface area contributed by atoms with E-state index in [1.54, 1.807) is 11.8 Å². The van der Waals surface area contributed by atoms with Crippen molar-refractivity contribution in [3.63, 3.8) is 0 Å².